The van der Waals surface area contributed by atoms with Crippen molar-refractivity contribution in [3.63, 3.8) is 0 Å². The first-order valence-corrected chi connectivity index (χ1v) is 12.1. The summed E-state index contributed by atoms with van der Waals surface area (Å²) in [6.07, 6.45) is 2.29. The number of aliphatic hydroxyl groups is 1. The van der Waals surface area contributed by atoms with Crippen LogP contribution in [0.5, 0.6) is 0 Å². The van der Waals surface area contributed by atoms with Crippen LogP contribution in [-0.4, -0.2) is 53.0 Å². The minimum Gasteiger partial charge on any atom is -0.387 e. The van der Waals surface area contributed by atoms with Gasteiger partial charge in [0.2, 0.25) is 0 Å². The molecule has 2 heterocycles. The number of hydrogen-bond acceptors (Lipinski definition) is 11. The van der Waals surface area contributed by atoms with Gasteiger partial charge in [0.1, 0.15) is 18.0 Å². The SMILES string of the molecule is C#C[C@H]1[C@@H](O)[C@H](n2ccc(N)nc2=O)O[C@@H]1COP(=O)(O)OP(=O)(O)OP(=O)(O)O. The fourth-order valence-corrected chi connectivity index (χ4v) is 5.44. The van der Waals surface area contributed by atoms with Crippen LogP contribution in [0.15, 0.2) is 17.1 Å². The molecule has 0 bridgehead atoms. The summed E-state index contributed by atoms with van der Waals surface area (Å²) in [4.78, 5) is 50.9. The third-order valence-electron chi connectivity index (χ3n) is 3.51. The van der Waals surface area contributed by atoms with Crippen molar-refractivity contribution in [2.75, 3.05) is 12.3 Å². The van der Waals surface area contributed by atoms with E-state index in [1.54, 1.807) is 0 Å². The molecule has 2 unspecified atom stereocenters. The van der Waals surface area contributed by atoms with Gasteiger partial charge in [-0.05, 0) is 6.07 Å². The number of ether oxygens (including phenoxy) is 1. The van der Waals surface area contributed by atoms with Crippen LogP contribution in [0.2, 0.25) is 0 Å². The Kier molecular flexibility index (Phi) is 7.43. The number of nitrogen functional groups attached to an aromatic ring is 1. The van der Waals surface area contributed by atoms with Gasteiger partial charge in [-0.2, -0.15) is 13.6 Å². The van der Waals surface area contributed by atoms with Crippen molar-refractivity contribution in [3.05, 3.63) is 22.7 Å². The zero-order valence-electron chi connectivity index (χ0n) is 14.6. The fraction of sp³-hybridized carbons (Fsp3) is 0.455. The molecule has 16 nitrogen and oxygen atoms in total. The molecular formula is C11H16N3O13P3. The Labute approximate surface area is 167 Å². The summed E-state index contributed by atoms with van der Waals surface area (Å²) in [6, 6.07) is 1.24. The Morgan fingerprint density at radius 2 is 1.87 bits per heavy atom. The van der Waals surface area contributed by atoms with Gasteiger partial charge in [0.15, 0.2) is 6.23 Å². The molecule has 1 aromatic heterocycles. The number of phosphoric acid groups is 3. The highest BCUT2D eigenvalue weighted by Gasteiger charge is 2.46. The number of anilines is 1. The lowest BCUT2D eigenvalue weighted by atomic mass is 9.99. The second-order valence-electron chi connectivity index (χ2n) is 5.68. The molecule has 7 N–H and O–H groups in total. The molecule has 1 aromatic rings. The maximum absolute atomic E-state index is 11.9. The lowest BCUT2D eigenvalue weighted by molar-refractivity contribution is -0.0525. The monoisotopic (exact) mass is 491 g/mol. The van der Waals surface area contributed by atoms with Crippen molar-refractivity contribution in [1.29, 1.82) is 0 Å². The van der Waals surface area contributed by atoms with E-state index in [0.29, 0.717) is 0 Å². The van der Waals surface area contributed by atoms with Crippen molar-refractivity contribution >= 4 is 29.3 Å². The molecule has 19 heteroatoms. The van der Waals surface area contributed by atoms with Crippen LogP contribution in [0.3, 0.4) is 0 Å². The Balaban J connectivity index is 2.11. The van der Waals surface area contributed by atoms with Crippen LogP contribution in [-0.2, 0) is 31.6 Å². The minimum absolute atomic E-state index is 0.0959. The highest BCUT2D eigenvalue weighted by molar-refractivity contribution is 7.66. The highest BCUT2D eigenvalue weighted by Crippen LogP contribution is 2.66. The molecule has 0 aromatic carbocycles. The van der Waals surface area contributed by atoms with E-state index in [-0.39, 0.29) is 5.82 Å². The number of phosphoric ester groups is 1. The highest BCUT2D eigenvalue weighted by atomic mass is 31.3. The zero-order valence-corrected chi connectivity index (χ0v) is 17.2. The third kappa shape index (κ3) is 6.53. The maximum atomic E-state index is 11.9. The summed E-state index contributed by atoms with van der Waals surface area (Å²) in [6.45, 7) is -0.900. The van der Waals surface area contributed by atoms with E-state index in [1.165, 1.54) is 6.07 Å². The molecule has 1 fully saturated rings. The van der Waals surface area contributed by atoms with Gasteiger partial charge >= 0.3 is 29.2 Å². The summed E-state index contributed by atoms with van der Waals surface area (Å²) in [7, 11) is -16.7. The van der Waals surface area contributed by atoms with Gasteiger partial charge in [-0.15, -0.1) is 6.42 Å². The quantitative estimate of drug-likeness (QED) is 0.182. The molecular weight excluding hydrogens is 475 g/mol. The van der Waals surface area contributed by atoms with Crippen molar-refractivity contribution in [2.24, 2.45) is 5.92 Å². The second-order valence-corrected chi connectivity index (χ2v) is 10.1. The van der Waals surface area contributed by atoms with Crippen LogP contribution in [0, 0.1) is 18.3 Å². The first-order valence-electron chi connectivity index (χ1n) is 7.57. The van der Waals surface area contributed by atoms with E-state index in [4.69, 9.17) is 31.6 Å². The van der Waals surface area contributed by atoms with Crippen molar-refractivity contribution in [3.8, 4) is 12.3 Å². The zero-order chi connectivity index (χ0) is 22.9. The first-order chi connectivity index (χ1) is 13.6. The van der Waals surface area contributed by atoms with Gasteiger partial charge in [-0.25, -0.2) is 18.5 Å². The van der Waals surface area contributed by atoms with Crippen LogP contribution in [0.25, 0.3) is 0 Å². The molecule has 0 amide bonds. The summed E-state index contributed by atoms with van der Waals surface area (Å²) in [5.74, 6) is 0.880. The van der Waals surface area contributed by atoms with Gasteiger partial charge in [0.05, 0.1) is 12.5 Å². The summed E-state index contributed by atoms with van der Waals surface area (Å²) < 4.78 is 51.5. The fourth-order valence-electron chi connectivity index (χ4n) is 2.41. The maximum Gasteiger partial charge on any atom is 0.490 e. The van der Waals surface area contributed by atoms with E-state index in [0.717, 1.165) is 10.8 Å². The van der Waals surface area contributed by atoms with E-state index >= 15 is 0 Å². The summed E-state index contributed by atoms with van der Waals surface area (Å²) in [5.41, 5.74) is 4.48. The first kappa shape index (κ1) is 24.8. The molecule has 30 heavy (non-hydrogen) atoms. The van der Waals surface area contributed by atoms with Crippen molar-refractivity contribution < 1.29 is 56.3 Å². The molecule has 0 radical (unpaired) electrons. The number of hydrogen-bond donors (Lipinski definition) is 6. The van der Waals surface area contributed by atoms with E-state index < -0.39 is 60.1 Å². The molecule has 0 spiro atoms. The predicted molar refractivity (Wildman–Crippen MR) is 95.0 cm³/mol. The minimum atomic E-state index is -5.70. The standard InChI is InChI=1S/C11H16N3O13P3/c1-2-6-7(5-24-29(20,21)27-30(22,23)26-28(17,18)19)25-10(9(6)15)14-4-3-8(12)13-11(14)16/h1,3-4,6-7,9-10,15H,5H2,(H,20,21)(H,22,23)(H2,12,13,16)(H2,17,18,19)/t6-,7-,9-,10-/m1/s1. The molecule has 2 rings (SSSR count). The lowest BCUT2D eigenvalue weighted by Gasteiger charge is -2.19. The second kappa shape index (κ2) is 8.97. The number of nitrogens with two attached hydrogens (primary N) is 1. The van der Waals surface area contributed by atoms with Gasteiger partial charge in [-0.3, -0.25) is 9.09 Å². The van der Waals surface area contributed by atoms with Crippen LogP contribution in [0.4, 0.5) is 5.82 Å². The average Bonchev–Trinajstić information content (AvgIpc) is 2.85. The smallest absolute Gasteiger partial charge is 0.387 e. The lowest BCUT2D eigenvalue weighted by Crippen LogP contribution is -2.33. The Morgan fingerprint density at radius 3 is 2.40 bits per heavy atom. The van der Waals surface area contributed by atoms with E-state index in [2.05, 4.69) is 24.0 Å². The molecule has 168 valence electrons. The topological polar surface area (TPSA) is 250 Å². The summed E-state index contributed by atoms with van der Waals surface area (Å²) >= 11 is 0. The largest absolute Gasteiger partial charge is 0.490 e. The number of nitrogens with zero attached hydrogens (tertiary/aromatic N) is 2. The number of rotatable bonds is 8. The Hall–Kier alpha value is -1.43. The van der Waals surface area contributed by atoms with Gasteiger partial charge in [0.25, 0.3) is 0 Å². The Bertz CT molecular complexity index is 1030. The van der Waals surface area contributed by atoms with Crippen LogP contribution in [0.1, 0.15) is 6.23 Å². The van der Waals surface area contributed by atoms with Crippen LogP contribution >= 0.6 is 23.5 Å². The number of aliphatic hydroxyl groups excluding tert-OH is 1. The van der Waals surface area contributed by atoms with Crippen molar-refractivity contribution in [2.45, 2.75) is 18.4 Å². The van der Waals surface area contributed by atoms with E-state index in [9.17, 15) is 28.5 Å². The van der Waals surface area contributed by atoms with Crippen LogP contribution < -0.4 is 11.4 Å². The molecule has 1 aliphatic heterocycles. The van der Waals surface area contributed by atoms with Crippen molar-refractivity contribution in [1.82, 2.24) is 9.55 Å². The molecule has 1 saturated heterocycles. The van der Waals surface area contributed by atoms with Gasteiger partial charge in [0, 0.05) is 6.20 Å². The Morgan fingerprint density at radius 1 is 1.23 bits per heavy atom. The normalized spacial score (nSPS) is 28.4. The van der Waals surface area contributed by atoms with Gasteiger partial charge in [-0.1, -0.05) is 5.92 Å². The molecule has 1 aliphatic rings. The summed E-state index contributed by atoms with van der Waals surface area (Å²) in [5, 5.41) is 10.3. The van der Waals surface area contributed by atoms with Gasteiger partial charge < -0.3 is 35.2 Å². The molecule has 0 aliphatic carbocycles. The molecule has 6 atom stereocenters. The predicted octanol–water partition coefficient (Wildman–Crippen LogP) is -1.32. The number of terminal acetylenes is 1. The third-order valence-corrected chi connectivity index (χ3v) is 7.31. The average molecular weight is 491 g/mol. The number of aromatic nitrogens is 2. The molecule has 0 saturated carbocycles. The van der Waals surface area contributed by atoms with E-state index in [1.807, 2.05) is 0 Å².